The summed E-state index contributed by atoms with van der Waals surface area (Å²) in [5.74, 6) is -3.09. The van der Waals surface area contributed by atoms with E-state index in [1.54, 1.807) is 0 Å². The van der Waals surface area contributed by atoms with Crippen LogP contribution in [0.4, 0.5) is 0 Å². The van der Waals surface area contributed by atoms with Crippen molar-refractivity contribution in [3.63, 3.8) is 0 Å². The molecule has 0 saturated heterocycles. The van der Waals surface area contributed by atoms with E-state index >= 15 is 0 Å². The van der Waals surface area contributed by atoms with Crippen LogP contribution in [0.25, 0.3) is 0 Å². The molecule has 0 spiro atoms. The molecule has 0 aliphatic rings. The van der Waals surface area contributed by atoms with E-state index in [0.717, 1.165) is 6.08 Å². The van der Waals surface area contributed by atoms with Gasteiger partial charge in [-0.25, -0.2) is 19.2 Å². The van der Waals surface area contributed by atoms with E-state index in [0.29, 0.717) is 12.8 Å². The Kier molecular flexibility index (Phi) is 10.9. The van der Waals surface area contributed by atoms with Crippen molar-refractivity contribution >= 4 is 23.9 Å². The molecule has 0 aromatic rings. The highest BCUT2D eigenvalue weighted by Crippen LogP contribution is 1.99. The van der Waals surface area contributed by atoms with Crippen LogP contribution in [-0.4, -0.2) is 50.3 Å². The third-order valence-electron chi connectivity index (χ3n) is 2.24. The standard InChI is InChI=1S/C15H22O8/c1-4-6-20-13(17)9-22-12(16)8-11(3)15(19)23-10-14(18)21-7-5-2/h8H,4-7,9-10H2,1-3H3/b11-8-. The van der Waals surface area contributed by atoms with E-state index in [1.807, 2.05) is 13.8 Å². The summed E-state index contributed by atoms with van der Waals surface area (Å²) in [7, 11) is 0. The van der Waals surface area contributed by atoms with Crippen LogP contribution in [0.15, 0.2) is 11.6 Å². The zero-order valence-electron chi connectivity index (χ0n) is 13.6. The van der Waals surface area contributed by atoms with Crippen molar-refractivity contribution in [2.75, 3.05) is 26.4 Å². The van der Waals surface area contributed by atoms with Crippen LogP contribution in [0.2, 0.25) is 0 Å². The number of hydrogen-bond acceptors (Lipinski definition) is 8. The van der Waals surface area contributed by atoms with Crippen molar-refractivity contribution in [1.29, 1.82) is 0 Å². The maximum Gasteiger partial charge on any atom is 0.344 e. The summed E-state index contributed by atoms with van der Waals surface area (Å²) in [6, 6.07) is 0. The number of carbonyl (C=O) groups is 4. The highest BCUT2D eigenvalue weighted by molar-refractivity contribution is 5.96. The molecule has 0 aliphatic heterocycles. The van der Waals surface area contributed by atoms with Crippen LogP contribution < -0.4 is 0 Å². The molecule has 0 rings (SSSR count). The zero-order valence-corrected chi connectivity index (χ0v) is 13.6. The molecule has 0 bridgehead atoms. The molecular weight excluding hydrogens is 308 g/mol. The van der Waals surface area contributed by atoms with Crippen LogP contribution in [0.3, 0.4) is 0 Å². The first-order chi connectivity index (χ1) is 10.9. The molecule has 23 heavy (non-hydrogen) atoms. The molecule has 8 heteroatoms. The van der Waals surface area contributed by atoms with Gasteiger partial charge in [-0.15, -0.1) is 0 Å². The van der Waals surface area contributed by atoms with Gasteiger partial charge in [0.05, 0.1) is 13.2 Å². The number of hydrogen-bond donors (Lipinski definition) is 0. The van der Waals surface area contributed by atoms with E-state index < -0.39 is 37.1 Å². The lowest BCUT2D eigenvalue weighted by Crippen LogP contribution is -2.19. The second-order valence-corrected chi connectivity index (χ2v) is 4.45. The molecule has 0 heterocycles. The predicted molar refractivity (Wildman–Crippen MR) is 78.2 cm³/mol. The summed E-state index contributed by atoms with van der Waals surface area (Å²) in [6.45, 7) is 4.38. The van der Waals surface area contributed by atoms with Gasteiger partial charge in [0.25, 0.3) is 0 Å². The van der Waals surface area contributed by atoms with Gasteiger partial charge in [0.1, 0.15) is 0 Å². The van der Waals surface area contributed by atoms with Crippen molar-refractivity contribution in [2.45, 2.75) is 33.6 Å². The average molecular weight is 330 g/mol. The summed E-state index contributed by atoms with van der Waals surface area (Å²) in [5.41, 5.74) is -0.0692. The molecule has 0 aromatic carbocycles. The molecule has 0 atom stereocenters. The lowest BCUT2D eigenvalue weighted by atomic mass is 10.3. The Morgan fingerprint density at radius 1 is 0.783 bits per heavy atom. The maximum atomic E-state index is 11.5. The Hall–Kier alpha value is -2.38. The van der Waals surface area contributed by atoms with Crippen LogP contribution in [0.5, 0.6) is 0 Å². The average Bonchev–Trinajstić information content (AvgIpc) is 2.53. The molecule has 0 amide bonds. The Balaban J connectivity index is 4.15. The van der Waals surface area contributed by atoms with Crippen LogP contribution in [0.1, 0.15) is 33.6 Å². The lowest BCUT2D eigenvalue weighted by Gasteiger charge is -2.06. The van der Waals surface area contributed by atoms with Crippen LogP contribution in [0, 0.1) is 0 Å². The highest BCUT2D eigenvalue weighted by Gasteiger charge is 2.13. The first-order valence-electron chi connectivity index (χ1n) is 7.24. The second-order valence-electron chi connectivity index (χ2n) is 4.45. The van der Waals surface area contributed by atoms with E-state index in [4.69, 9.17) is 9.47 Å². The minimum atomic E-state index is -0.888. The lowest BCUT2D eigenvalue weighted by molar-refractivity contribution is -0.157. The van der Waals surface area contributed by atoms with Gasteiger partial charge in [0.15, 0.2) is 13.2 Å². The Morgan fingerprint density at radius 2 is 1.26 bits per heavy atom. The van der Waals surface area contributed by atoms with E-state index in [9.17, 15) is 19.2 Å². The van der Waals surface area contributed by atoms with E-state index in [1.165, 1.54) is 6.92 Å². The quantitative estimate of drug-likeness (QED) is 0.331. The predicted octanol–water partition coefficient (Wildman–Crippen LogP) is 0.925. The molecule has 0 saturated carbocycles. The molecule has 8 nitrogen and oxygen atoms in total. The Bertz CT molecular complexity index is 452. The molecular formula is C15H22O8. The number of esters is 4. The monoisotopic (exact) mass is 330 g/mol. The minimum Gasteiger partial charge on any atom is -0.463 e. The Labute approximate surface area is 134 Å². The van der Waals surface area contributed by atoms with Crippen LogP contribution >= 0.6 is 0 Å². The summed E-state index contributed by atoms with van der Waals surface area (Å²) in [5, 5.41) is 0. The van der Waals surface area contributed by atoms with Gasteiger partial charge in [-0.1, -0.05) is 13.8 Å². The summed E-state index contributed by atoms with van der Waals surface area (Å²) in [4.78, 5) is 45.2. The van der Waals surface area contributed by atoms with Gasteiger partial charge in [0.2, 0.25) is 0 Å². The van der Waals surface area contributed by atoms with Gasteiger partial charge >= 0.3 is 23.9 Å². The minimum absolute atomic E-state index is 0.0692. The van der Waals surface area contributed by atoms with Crippen molar-refractivity contribution < 1.29 is 38.1 Å². The summed E-state index contributed by atoms with van der Waals surface area (Å²) < 4.78 is 18.7. The molecule has 0 unspecified atom stereocenters. The zero-order chi connectivity index (χ0) is 17.7. The number of ether oxygens (including phenoxy) is 4. The van der Waals surface area contributed by atoms with E-state index in [2.05, 4.69) is 9.47 Å². The van der Waals surface area contributed by atoms with Crippen molar-refractivity contribution in [3.8, 4) is 0 Å². The molecule has 0 N–H and O–H groups in total. The fraction of sp³-hybridized carbons (Fsp3) is 0.600. The molecule has 130 valence electrons. The third kappa shape index (κ3) is 10.9. The topological polar surface area (TPSA) is 105 Å². The fourth-order valence-corrected chi connectivity index (χ4v) is 1.16. The first kappa shape index (κ1) is 20.6. The van der Waals surface area contributed by atoms with Crippen LogP contribution in [-0.2, 0) is 38.1 Å². The SMILES string of the molecule is CCCOC(=O)COC(=O)/C=C(/C)C(=O)OCC(=O)OCCC. The van der Waals surface area contributed by atoms with Crippen molar-refractivity contribution in [1.82, 2.24) is 0 Å². The van der Waals surface area contributed by atoms with E-state index in [-0.39, 0.29) is 18.8 Å². The highest BCUT2D eigenvalue weighted by atomic mass is 16.6. The van der Waals surface area contributed by atoms with Gasteiger partial charge in [-0.3, -0.25) is 0 Å². The van der Waals surface area contributed by atoms with Gasteiger partial charge < -0.3 is 18.9 Å². The van der Waals surface area contributed by atoms with Gasteiger partial charge in [-0.2, -0.15) is 0 Å². The third-order valence-corrected chi connectivity index (χ3v) is 2.24. The second kappa shape index (κ2) is 12.2. The fourth-order valence-electron chi connectivity index (χ4n) is 1.16. The smallest absolute Gasteiger partial charge is 0.344 e. The molecule has 0 fully saturated rings. The normalized spacial score (nSPS) is 10.7. The van der Waals surface area contributed by atoms with Gasteiger partial charge in [0, 0.05) is 11.6 Å². The number of rotatable bonds is 10. The largest absolute Gasteiger partial charge is 0.463 e. The van der Waals surface area contributed by atoms with Gasteiger partial charge in [-0.05, 0) is 19.8 Å². The van der Waals surface area contributed by atoms with Crippen molar-refractivity contribution in [2.24, 2.45) is 0 Å². The maximum absolute atomic E-state index is 11.5. The molecule has 0 radical (unpaired) electrons. The summed E-state index contributed by atoms with van der Waals surface area (Å²) in [6.07, 6.45) is 2.18. The Morgan fingerprint density at radius 3 is 1.74 bits per heavy atom. The summed E-state index contributed by atoms with van der Waals surface area (Å²) >= 11 is 0. The molecule has 0 aliphatic carbocycles. The molecule has 0 aromatic heterocycles. The van der Waals surface area contributed by atoms with Crippen molar-refractivity contribution in [3.05, 3.63) is 11.6 Å². The first-order valence-corrected chi connectivity index (χ1v) is 7.24. The number of carbonyl (C=O) groups excluding carboxylic acids is 4.